The Kier molecular flexibility index (Phi) is 10.4. The molecule has 2 N–H and O–H groups in total. The Morgan fingerprint density at radius 1 is 1.30 bits per heavy atom. The van der Waals surface area contributed by atoms with Crippen LogP contribution in [0.3, 0.4) is 0 Å². The summed E-state index contributed by atoms with van der Waals surface area (Å²) in [6, 6.07) is 0. The van der Waals surface area contributed by atoms with Crippen molar-refractivity contribution in [1.82, 2.24) is 10.6 Å². The summed E-state index contributed by atoms with van der Waals surface area (Å²) in [6.45, 7) is 5.16. The first-order valence-electron chi connectivity index (χ1n) is 6.91. The minimum Gasteiger partial charge on any atom is -0.432 e. The van der Waals surface area contributed by atoms with Crippen LogP contribution in [0.4, 0.5) is 4.79 Å². The van der Waals surface area contributed by atoms with Gasteiger partial charge in [-0.3, -0.25) is 4.79 Å². The number of carbonyl (C=O) groups is 2. The molecular formula is C13H20N2O6S2. The van der Waals surface area contributed by atoms with Crippen molar-refractivity contribution in [3.05, 3.63) is 12.7 Å². The molecule has 8 nitrogen and oxygen atoms in total. The molecule has 0 saturated carbocycles. The van der Waals surface area contributed by atoms with E-state index in [-0.39, 0.29) is 19.3 Å². The van der Waals surface area contributed by atoms with Gasteiger partial charge in [0.25, 0.3) is 0 Å². The molecule has 1 heterocycles. The molecule has 0 aliphatic carbocycles. The van der Waals surface area contributed by atoms with E-state index < -0.39 is 12.3 Å². The lowest BCUT2D eigenvalue weighted by molar-refractivity contribution is -0.157. The van der Waals surface area contributed by atoms with E-state index in [1.165, 1.54) is 17.8 Å². The molecule has 1 amide bonds. The second kappa shape index (κ2) is 12.1. The van der Waals surface area contributed by atoms with Crippen LogP contribution in [0, 0.1) is 0 Å². The molecule has 0 unspecified atom stereocenters. The van der Waals surface area contributed by atoms with Gasteiger partial charge in [-0.1, -0.05) is 30.6 Å². The van der Waals surface area contributed by atoms with Gasteiger partial charge in [0.2, 0.25) is 5.91 Å². The van der Waals surface area contributed by atoms with E-state index >= 15 is 0 Å². The Balaban J connectivity index is 1.96. The first-order chi connectivity index (χ1) is 11.1. The zero-order chi connectivity index (χ0) is 16.9. The average molecular weight is 364 g/mol. The lowest BCUT2D eigenvalue weighted by atomic mass is 10.4. The summed E-state index contributed by atoms with van der Waals surface area (Å²) in [7, 11) is 0. The van der Waals surface area contributed by atoms with Crippen LogP contribution < -0.4 is 10.6 Å². The number of thiocarbonyl (C=S) groups is 1. The molecular weight excluding hydrogens is 344 g/mol. The van der Waals surface area contributed by atoms with Gasteiger partial charge in [-0.05, 0) is 6.08 Å². The van der Waals surface area contributed by atoms with E-state index in [1.807, 2.05) is 0 Å². The van der Waals surface area contributed by atoms with Crippen molar-refractivity contribution in [3.63, 3.8) is 0 Å². The second-order valence-corrected chi connectivity index (χ2v) is 6.03. The Labute approximate surface area is 144 Å². The van der Waals surface area contributed by atoms with E-state index in [0.29, 0.717) is 36.4 Å². The zero-order valence-corrected chi connectivity index (χ0v) is 14.2. The number of nitrogens with one attached hydrogen (secondary N) is 2. The van der Waals surface area contributed by atoms with Gasteiger partial charge in [0.05, 0.1) is 19.8 Å². The Hall–Kier alpha value is -1.36. The molecule has 130 valence electrons. The van der Waals surface area contributed by atoms with Crippen molar-refractivity contribution in [2.24, 2.45) is 0 Å². The van der Waals surface area contributed by atoms with Gasteiger partial charge in [-0.2, -0.15) is 0 Å². The summed E-state index contributed by atoms with van der Waals surface area (Å²) in [5.74, 6) is 0.417. The number of ether oxygens (including phenoxy) is 4. The maximum Gasteiger partial charge on any atom is 0.508 e. The van der Waals surface area contributed by atoms with Crippen molar-refractivity contribution in [1.29, 1.82) is 0 Å². The molecule has 0 spiro atoms. The molecule has 0 aromatic heterocycles. The minimum absolute atomic E-state index is 0.126. The summed E-state index contributed by atoms with van der Waals surface area (Å²) in [5, 5.41) is 5.56. The maximum absolute atomic E-state index is 11.4. The first-order valence-corrected chi connectivity index (χ1v) is 8.31. The highest BCUT2D eigenvalue weighted by atomic mass is 32.2. The molecule has 1 saturated heterocycles. The molecule has 0 radical (unpaired) electrons. The normalized spacial score (nSPS) is 14.6. The van der Waals surface area contributed by atoms with Crippen LogP contribution in [0.1, 0.15) is 0 Å². The molecule has 0 bridgehead atoms. The summed E-state index contributed by atoms with van der Waals surface area (Å²) in [6.07, 6.45) is 0.00619. The largest absolute Gasteiger partial charge is 0.508 e. The molecule has 1 aliphatic heterocycles. The van der Waals surface area contributed by atoms with Crippen molar-refractivity contribution < 1.29 is 28.5 Å². The van der Waals surface area contributed by atoms with Crippen molar-refractivity contribution in [2.75, 3.05) is 45.5 Å². The topological polar surface area (TPSA) is 95.1 Å². The maximum atomic E-state index is 11.4. The molecule has 1 aliphatic rings. The van der Waals surface area contributed by atoms with Gasteiger partial charge in [0, 0.05) is 12.3 Å². The van der Waals surface area contributed by atoms with Crippen LogP contribution in [-0.2, 0) is 23.7 Å². The zero-order valence-electron chi connectivity index (χ0n) is 12.6. The minimum atomic E-state index is -0.767. The highest BCUT2D eigenvalue weighted by Crippen LogP contribution is 2.03. The van der Waals surface area contributed by atoms with Crippen LogP contribution in [-0.4, -0.2) is 67.9 Å². The highest BCUT2D eigenvalue weighted by molar-refractivity contribution is 8.22. The van der Waals surface area contributed by atoms with Gasteiger partial charge in [-0.25, -0.2) is 4.79 Å². The highest BCUT2D eigenvalue weighted by Gasteiger charge is 2.19. The van der Waals surface area contributed by atoms with Gasteiger partial charge in [-0.15, -0.1) is 0 Å². The summed E-state index contributed by atoms with van der Waals surface area (Å²) in [5.41, 5.74) is 0. The number of hydrogen-bond donors (Lipinski definition) is 2. The Morgan fingerprint density at radius 2 is 2.04 bits per heavy atom. The summed E-state index contributed by atoms with van der Waals surface area (Å²) in [4.78, 5) is 22.3. The SMILES string of the molecule is C=CC(=O)NCCSC(=S)NCCOC(=O)OC1COCOC1. The molecule has 10 heteroatoms. The summed E-state index contributed by atoms with van der Waals surface area (Å²) < 4.78 is 20.4. The standard InChI is InChI=1S/C13H20N2O6S2/c1-2-11(16)14-4-6-23-12(22)15-3-5-20-13(17)21-10-7-18-9-19-8-10/h2,10H,1,3-9H2,(H,14,16)(H,15,22). The number of amides is 1. The van der Waals surface area contributed by atoms with Crippen LogP contribution in [0.2, 0.25) is 0 Å². The number of carbonyl (C=O) groups excluding carboxylic acids is 2. The fourth-order valence-corrected chi connectivity index (χ4v) is 2.38. The third-order valence-corrected chi connectivity index (χ3v) is 3.76. The monoisotopic (exact) mass is 364 g/mol. The third kappa shape index (κ3) is 10.1. The predicted octanol–water partition coefficient (Wildman–Crippen LogP) is 0.422. The lowest BCUT2D eigenvalue weighted by Crippen LogP contribution is -2.34. The quantitative estimate of drug-likeness (QED) is 0.275. The van der Waals surface area contributed by atoms with Crippen molar-refractivity contribution >= 4 is 40.4 Å². The number of hydrogen-bond acceptors (Lipinski definition) is 8. The van der Waals surface area contributed by atoms with E-state index in [1.54, 1.807) is 0 Å². The van der Waals surface area contributed by atoms with Gasteiger partial charge in [0.1, 0.15) is 17.7 Å². The molecule has 23 heavy (non-hydrogen) atoms. The fraction of sp³-hybridized carbons (Fsp3) is 0.615. The number of rotatable bonds is 8. The van der Waals surface area contributed by atoms with Crippen molar-refractivity contribution in [3.8, 4) is 0 Å². The van der Waals surface area contributed by atoms with Crippen LogP contribution in [0.25, 0.3) is 0 Å². The molecule has 1 rings (SSSR count). The second-order valence-electron chi connectivity index (χ2n) is 4.26. The van der Waals surface area contributed by atoms with Crippen LogP contribution >= 0.6 is 24.0 Å². The first kappa shape index (κ1) is 19.7. The van der Waals surface area contributed by atoms with Crippen molar-refractivity contribution in [2.45, 2.75) is 6.10 Å². The molecule has 1 fully saturated rings. The van der Waals surface area contributed by atoms with Crippen LogP contribution in [0.5, 0.6) is 0 Å². The smallest absolute Gasteiger partial charge is 0.432 e. The predicted molar refractivity (Wildman–Crippen MR) is 89.3 cm³/mol. The van der Waals surface area contributed by atoms with Crippen LogP contribution in [0.15, 0.2) is 12.7 Å². The third-order valence-electron chi connectivity index (χ3n) is 2.45. The van der Waals surface area contributed by atoms with E-state index in [9.17, 15) is 9.59 Å². The van der Waals surface area contributed by atoms with Gasteiger partial charge in [0.15, 0.2) is 6.10 Å². The Morgan fingerprint density at radius 3 is 2.74 bits per heavy atom. The fourth-order valence-electron chi connectivity index (χ4n) is 1.43. The van der Waals surface area contributed by atoms with Gasteiger partial charge >= 0.3 is 6.16 Å². The number of thioether (sulfide) groups is 1. The van der Waals surface area contributed by atoms with E-state index in [0.717, 1.165) is 0 Å². The molecule has 0 atom stereocenters. The summed E-state index contributed by atoms with van der Waals surface area (Å²) >= 11 is 6.47. The van der Waals surface area contributed by atoms with Gasteiger partial charge < -0.3 is 29.6 Å². The van der Waals surface area contributed by atoms with E-state index in [2.05, 4.69) is 17.2 Å². The molecule has 0 aromatic rings. The lowest BCUT2D eigenvalue weighted by Gasteiger charge is -2.21. The average Bonchev–Trinajstić information content (AvgIpc) is 2.56. The Bertz CT molecular complexity index is 415. The van der Waals surface area contributed by atoms with E-state index in [4.69, 9.17) is 31.2 Å². The molecule has 0 aromatic carbocycles.